The molecule has 2 aromatic carbocycles. The first-order valence-corrected chi connectivity index (χ1v) is 7.95. The molecule has 0 aliphatic carbocycles. The van der Waals surface area contributed by atoms with Gasteiger partial charge in [-0.15, -0.1) is 0 Å². The summed E-state index contributed by atoms with van der Waals surface area (Å²) in [4.78, 5) is 12.2. The highest BCUT2D eigenvalue weighted by Crippen LogP contribution is 2.20. The molecule has 0 spiro atoms. The minimum atomic E-state index is -0.553. The third kappa shape index (κ3) is 4.49. The molecule has 5 nitrogen and oxygen atoms in total. The number of benzene rings is 2. The van der Waals surface area contributed by atoms with Crippen molar-refractivity contribution in [2.45, 2.75) is 6.73 Å². The van der Waals surface area contributed by atoms with E-state index < -0.39 is 11.7 Å². The minimum absolute atomic E-state index is 0.0697. The average Bonchev–Trinajstić information content (AvgIpc) is 3.07. The predicted octanol–water partition coefficient (Wildman–Crippen LogP) is 4.62. The number of halogens is 3. The van der Waals surface area contributed by atoms with E-state index in [0.29, 0.717) is 16.5 Å². The molecule has 25 heavy (non-hydrogen) atoms. The van der Waals surface area contributed by atoms with Crippen molar-refractivity contribution in [1.82, 2.24) is 9.78 Å². The highest BCUT2D eigenvalue weighted by Gasteiger charge is 2.11. The van der Waals surface area contributed by atoms with Gasteiger partial charge in [-0.2, -0.15) is 5.10 Å². The average molecular weight is 380 g/mol. The number of rotatable bonds is 5. The second-order valence-corrected chi connectivity index (χ2v) is 5.89. The Bertz CT molecular complexity index is 897. The van der Waals surface area contributed by atoms with Crippen molar-refractivity contribution in [1.29, 1.82) is 0 Å². The lowest BCUT2D eigenvalue weighted by Gasteiger charge is -2.06. The van der Waals surface area contributed by atoms with Crippen LogP contribution >= 0.6 is 23.2 Å². The Hall–Kier alpha value is -2.57. The summed E-state index contributed by atoms with van der Waals surface area (Å²) in [6.45, 7) is 0.136. The molecular formula is C17H12Cl2FN3O2. The molecule has 0 aliphatic rings. The van der Waals surface area contributed by atoms with Gasteiger partial charge in [0.2, 0.25) is 0 Å². The normalized spacial score (nSPS) is 10.5. The van der Waals surface area contributed by atoms with Gasteiger partial charge in [-0.1, -0.05) is 23.2 Å². The summed E-state index contributed by atoms with van der Waals surface area (Å²) < 4.78 is 20.1. The van der Waals surface area contributed by atoms with Crippen molar-refractivity contribution in [3.05, 3.63) is 76.3 Å². The molecule has 8 heteroatoms. The molecule has 1 amide bonds. The number of carbonyl (C=O) groups excluding carboxylic acids is 1. The first kappa shape index (κ1) is 17.3. The molecule has 0 unspecified atom stereocenters. The van der Waals surface area contributed by atoms with Gasteiger partial charge in [0.25, 0.3) is 5.91 Å². The van der Waals surface area contributed by atoms with Gasteiger partial charge in [-0.25, -0.2) is 9.07 Å². The van der Waals surface area contributed by atoms with Crippen LogP contribution in [0.15, 0.2) is 54.7 Å². The number of anilines is 1. The van der Waals surface area contributed by atoms with Gasteiger partial charge in [0.15, 0.2) is 12.4 Å². The molecule has 0 aliphatic heterocycles. The Labute approximate surface area is 152 Å². The maximum atomic E-state index is 13.1. The van der Waals surface area contributed by atoms with E-state index in [9.17, 15) is 9.18 Å². The molecule has 0 fully saturated rings. The summed E-state index contributed by atoms with van der Waals surface area (Å²) in [5, 5.41) is 7.27. The summed E-state index contributed by atoms with van der Waals surface area (Å²) in [7, 11) is 0. The standard InChI is InChI=1S/C17H12Cl2FN3O2/c18-11-1-4-13(5-2-11)25-10-23-8-7-16(22-23)17(24)21-12-3-6-15(20)14(19)9-12/h1-9H,10H2,(H,21,24). The molecule has 0 saturated carbocycles. The maximum Gasteiger partial charge on any atom is 0.276 e. The Morgan fingerprint density at radius 3 is 2.64 bits per heavy atom. The third-order valence-corrected chi connectivity index (χ3v) is 3.77. The van der Waals surface area contributed by atoms with Crippen molar-refractivity contribution in [3.63, 3.8) is 0 Å². The molecule has 128 valence electrons. The highest BCUT2D eigenvalue weighted by atomic mass is 35.5. The number of nitrogens with zero attached hydrogens (tertiary/aromatic N) is 2. The molecule has 1 N–H and O–H groups in total. The third-order valence-electron chi connectivity index (χ3n) is 3.23. The number of amides is 1. The molecule has 3 aromatic rings. The monoisotopic (exact) mass is 379 g/mol. The Balaban J connectivity index is 1.61. The number of carbonyl (C=O) groups is 1. The van der Waals surface area contributed by atoms with Crippen LogP contribution in [0.25, 0.3) is 0 Å². The zero-order valence-corrected chi connectivity index (χ0v) is 14.3. The van der Waals surface area contributed by atoms with Gasteiger partial charge in [0, 0.05) is 16.9 Å². The van der Waals surface area contributed by atoms with Gasteiger partial charge in [0.1, 0.15) is 11.6 Å². The molecule has 1 heterocycles. The van der Waals surface area contributed by atoms with Gasteiger partial charge < -0.3 is 10.1 Å². The molecular weight excluding hydrogens is 368 g/mol. The van der Waals surface area contributed by atoms with E-state index in [1.54, 1.807) is 36.5 Å². The van der Waals surface area contributed by atoms with Crippen LogP contribution in [-0.2, 0) is 6.73 Å². The summed E-state index contributed by atoms with van der Waals surface area (Å²) in [6.07, 6.45) is 1.61. The lowest BCUT2D eigenvalue weighted by molar-refractivity contribution is 0.102. The van der Waals surface area contributed by atoms with Gasteiger partial charge >= 0.3 is 0 Å². The van der Waals surface area contributed by atoms with Crippen LogP contribution in [-0.4, -0.2) is 15.7 Å². The Kier molecular flexibility index (Phi) is 5.21. The number of nitrogens with one attached hydrogen (secondary N) is 1. The van der Waals surface area contributed by atoms with Crippen molar-refractivity contribution in [2.75, 3.05) is 5.32 Å². The van der Waals surface area contributed by atoms with E-state index in [0.717, 1.165) is 0 Å². The Morgan fingerprint density at radius 1 is 1.16 bits per heavy atom. The van der Waals surface area contributed by atoms with Gasteiger partial charge in [-0.05, 0) is 48.5 Å². The summed E-state index contributed by atoms with van der Waals surface area (Å²) in [5.74, 6) is -0.358. The van der Waals surface area contributed by atoms with E-state index in [-0.39, 0.29) is 17.4 Å². The lowest BCUT2D eigenvalue weighted by atomic mass is 10.3. The van der Waals surface area contributed by atoms with Gasteiger partial charge in [0.05, 0.1) is 5.02 Å². The fourth-order valence-corrected chi connectivity index (χ4v) is 2.30. The number of aromatic nitrogens is 2. The second-order valence-electron chi connectivity index (χ2n) is 5.05. The highest BCUT2D eigenvalue weighted by molar-refractivity contribution is 6.31. The predicted molar refractivity (Wildman–Crippen MR) is 93.7 cm³/mol. The fourth-order valence-electron chi connectivity index (χ4n) is 2.00. The van der Waals surface area contributed by atoms with Crippen LogP contribution in [0.4, 0.5) is 10.1 Å². The molecule has 0 saturated heterocycles. The molecule has 0 radical (unpaired) electrons. The van der Waals surface area contributed by atoms with Crippen LogP contribution in [0.5, 0.6) is 5.75 Å². The van der Waals surface area contributed by atoms with Crippen LogP contribution in [0, 0.1) is 5.82 Å². The van der Waals surface area contributed by atoms with Crippen molar-refractivity contribution in [3.8, 4) is 5.75 Å². The molecule has 0 bridgehead atoms. The zero-order valence-electron chi connectivity index (χ0n) is 12.7. The largest absolute Gasteiger partial charge is 0.471 e. The Morgan fingerprint density at radius 2 is 1.92 bits per heavy atom. The van der Waals surface area contributed by atoms with E-state index in [2.05, 4.69) is 10.4 Å². The second kappa shape index (κ2) is 7.55. The number of hydrogen-bond donors (Lipinski definition) is 1. The van der Waals surface area contributed by atoms with E-state index in [1.165, 1.54) is 22.9 Å². The molecule has 3 rings (SSSR count). The summed E-state index contributed by atoms with van der Waals surface area (Å²) in [6, 6.07) is 12.4. The topological polar surface area (TPSA) is 56.2 Å². The van der Waals surface area contributed by atoms with Crippen molar-refractivity contribution in [2.24, 2.45) is 0 Å². The van der Waals surface area contributed by atoms with Crippen LogP contribution in [0.2, 0.25) is 10.0 Å². The number of ether oxygens (including phenoxy) is 1. The SMILES string of the molecule is O=C(Nc1ccc(F)c(Cl)c1)c1ccn(COc2ccc(Cl)cc2)n1. The van der Waals surface area contributed by atoms with Crippen LogP contribution in [0.1, 0.15) is 10.5 Å². The number of hydrogen-bond acceptors (Lipinski definition) is 3. The zero-order chi connectivity index (χ0) is 17.8. The quantitative estimate of drug-likeness (QED) is 0.703. The first-order chi connectivity index (χ1) is 12.0. The smallest absolute Gasteiger partial charge is 0.276 e. The summed E-state index contributed by atoms with van der Waals surface area (Å²) >= 11 is 11.5. The summed E-state index contributed by atoms with van der Waals surface area (Å²) in [5.41, 5.74) is 0.573. The maximum absolute atomic E-state index is 13.1. The molecule has 1 aromatic heterocycles. The first-order valence-electron chi connectivity index (χ1n) is 7.19. The van der Waals surface area contributed by atoms with E-state index in [1.807, 2.05) is 0 Å². The lowest BCUT2D eigenvalue weighted by Crippen LogP contribution is -2.14. The van der Waals surface area contributed by atoms with E-state index >= 15 is 0 Å². The van der Waals surface area contributed by atoms with Crippen LogP contribution in [0.3, 0.4) is 0 Å². The van der Waals surface area contributed by atoms with Crippen molar-refractivity contribution < 1.29 is 13.9 Å². The van der Waals surface area contributed by atoms with Crippen molar-refractivity contribution >= 4 is 34.8 Å². The fraction of sp³-hybridized carbons (Fsp3) is 0.0588. The van der Waals surface area contributed by atoms with Crippen LogP contribution < -0.4 is 10.1 Å². The molecule has 0 atom stereocenters. The van der Waals surface area contributed by atoms with E-state index in [4.69, 9.17) is 27.9 Å². The van der Waals surface area contributed by atoms with Gasteiger partial charge in [-0.3, -0.25) is 4.79 Å². The minimum Gasteiger partial charge on any atom is -0.471 e.